The van der Waals surface area contributed by atoms with Gasteiger partial charge in [0.15, 0.2) is 0 Å². The second-order valence-electron chi connectivity index (χ2n) is 9.46. The van der Waals surface area contributed by atoms with Crippen molar-refractivity contribution in [1.29, 1.82) is 5.26 Å². The van der Waals surface area contributed by atoms with Crippen LogP contribution < -0.4 is 22.1 Å². The summed E-state index contributed by atoms with van der Waals surface area (Å²) in [5.74, 6) is 0.407. The molecule has 40 heavy (non-hydrogen) atoms. The third-order valence-electron chi connectivity index (χ3n) is 6.75. The van der Waals surface area contributed by atoms with Crippen LogP contribution in [0.3, 0.4) is 0 Å². The molecule has 1 atom stereocenters. The third-order valence-corrected chi connectivity index (χ3v) is 6.75. The lowest BCUT2D eigenvalue weighted by atomic mass is 10.0. The van der Waals surface area contributed by atoms with E-state index in [1.807, 2.05) is 55.5 Å². The van der Waals surface area contributed by atoms with Crippen LogP contribution in [0.5, 0.6) is 0 Å². The number of hydrogen-bond acceptors (Lipinski definition) is 9. The first kappa shape index (κ1) is 28.2. The van der Waals surface area contributed by atoms with E-state index >= 15 is 0 Å². The summed E-state index contributed by atoms with van der Waals surface area (Å²) in [5, 5.41) is 22.2. The SMILES string of the molecule is CCC(Nc1nc(N)nc(C)c1C#N)c1nc2cccc(CCCCCC(=O)NO)c2c(=O)n1-c1ccccc1. The van der Waals surface area contributed by atoms with Gasteiger partial charge in [-0.1, -0.05) is 43.7 Å². The predicted molar refractivity (Wildman–Crippen MR) is 152 cm³/mol. The molecule has 2 aromatic heterocycles. The van der Waals surface area contributed by atoms with Crippen LogP contribution in [0, 0.1) is 18.3 Å². The van der Waals surface area contributed by atoms with E-state index in [1.165, 1.54) is 0 Å². The van der Waals surface area contributed by atoms with Crippen molar-refractivity contribution in [1.82, 2.24) is 25.0 Å². The number of hydrogen-bond donors (Lipinski definition) is 4. The molecule has 0 spiro atoms. The molecule has 0 aliphatic rings. The molecule has 0 aliphatic carbocycles. The Labute approximate surface area is 231 Å². The number of anilines is 2. The van der Waals surface area contributed by atoms with Crippen LogP contribution >= 0.6 is 0 Å². The topological polar surface area (TPSA) is 172 Å². The zero-order chi connectivity index (χ0) is 28.6. The van der Waals surface area contributed by atoms with Gasteiger partial charge in [-0.25, -0.2) is 15.4 Å². The Morgan fingerprint density at radius 2 is 1.88 bits per heavy atom. The Morgan fingerprint density at radius 1 is 1.10 bits per heavy atom. The van der Waals surface area contributed by atoms with Crippen molar-refractivity contribution >= 4 is 28.6 Å². The predicted octanol–water partition coefficient (Wildman–Crippen LogP) is 4.11. The summed E-state index contributed by atoms with van der Waals surface area (Å²) in [6.07, 6.45) is 3.61. The van der Waals surface area contributed by atoms with Gasteiger partial charge in [-0.2, -0.15) is 10.2 Å². The normalized spacial score (nSPS) is 11.7. The number of carbonyl (C=O) groups is 1. The van der Waals surface area contributed by atoms with Crippen molar-refractivity contribution in [2.45, 2.75) is 58.4 Å². The minimum Gasteiger partial charge on any atom is -0.368 e. The number of nitriles is 1. The van der Waals surface area contributed by atoms with E-state index in [9.17, 15) is 14.9 Å². The van der Waals surface area contributed by atoms with Crippen molar-refractivity contribution in [3.63, 3.8) is 0 Å². The van der Waals surface area contributed by atoms with E-state index in [0.29, 0.717) is 47.4 Å². The van der Waals surface area contributed by atoms with Gasteiger partial charge in [-0.3, -0.25) is 19.4 Å². The number of aromatic nitrogens is 4. The molecule has 2 heterocycles. The second kappa shape index (κ2) is 12.8. The summed E-state index contributed by atoms with van der Waals surface area (Å²) < 4.78 is 1.61. The largest absolute Gasteiger partial charge is 0.368 e. The monoisotopic (exact) mass is 540 g/mol. The van der Waals surface area contributed by atoms with Crippen molar-refractivity contribution in [3.05, 3.63) is 81.5 Å². The van der Waals surface area contributed by atoms with Gasteiger partial charge >= 0.3 is 0 Å². The highest BCUT2D eigenvalue weighted by Crippen LogP contribution is 2.27. The fourth-order valence-electron chi connectivity index (χ4n) is 4.77. The van der Waals surface area contributed by atoms with Crippen molar-refractivity contribution in [2.24, 2.45) is 0 Å². The lowest BCUT2D eigenvalue weighted by Gasteiger charge is -2.23. The fourth-order valence-corrected chi connectivity index (χ4v) is 4.77. The first-order valence-corrected chi connectivity index (χ1v) is 13.2. The van der Waals surface area contributed by atoms with Crippen molar-refractivity contribution < 1.29 is 10.0 Å². The Hall–Kier alpha value is -4.82. The van der Waals surface area contributed by atoms with Crippen molar-refractivity contribution in [3.8, 4) is 11.8 Å². The lowest BCUT2D eigenvalue weighted by Crippen LogP contribution is -2.29. The van der Waals surface area contributed by atoms with Crippen LogP contribution in [0.25, 0.3) is 16.6 Å². The number of rotatable bonds is 11. The summed E-state index contributed by atoms with van der Waals surface area (Å²) in [6, 6.07) is 16.6. The third kappa shape index (κ3) is 6.08. The van der Waals surface area contributed by atoms with E-state index in [4.69, 9.17) is 15.9 Å². The molecular formula is C29H32N8O3. The number of nitrogens with zero attached hydrogens (tertiary/aromatic N) is 5. The van der Waals surface area contributed by atoms with E-state index in [-0.39, 0.29) is 29.3 Å². The molecule has 0 saturated carbocycles. The van der Waals surface area contributed by atoms with Crippen LogP contribution in [0.4, 0.5) is 11.8 Å². The van der Waals surface area contributed by atoms with Crippen LogP contribution in [0.15, 0.2) is 53.3 Å². The minimum absolute atomic E-state index is 0.0439. The van der Waals surface area contributed by atoms with Crippen LogP contribution in [0.2, 0.25) is 0 Å². The maximum absolute atomic E-state index is 14.2. The van der Waals surface area contributed by atoms with Gasteiger partial charge in [0.2, 0.25) is 11.9 Å². The number of amides is 1. The number of aryl methyl sites for hydroxylation is 2. The van der Waals surface area contributed by atoms with E-state index < -0.39 is 11.9 Å². The molecule has 1 unspecified atom stereocenters. The lowest BCUT2D eigenvalue weighted by molar-refractivity contribution is -0.129. The number of nitrogens with two attached hydrogens (primary N) is 1. The molecule has 0 saturated heterocycles. The first-order valence-electron chi connectivity index (χ1n) is 13.2. The number of fused-ring (bicyclic) bond motifs is 1. The smallest absolute Gasteiger partial charge is 0.266 e. The number of unbranched alkanes of at least 4 members (excludes halogenated alkanes) is 2. The molecule has 4 aromatic rings. The molecule has 4 rings (SSSR count). The molecule has 2 aromatic carbocycles. The summed E-state index contributed by atoms with van der Waals surface area (Å²) in [7, 11) is 0. The van der Waals surface area contributed by atoms with Gasteiger partial charge in [-0.15, -0.1) is 0 Å². The molecule has 0 radical (unpaired) electrons. The summed E-state index contributed by atoms with van der Waals surface area (Å²) in [5.41, 5.74) is 10.2. The Kier molecular flexibility index (Phi) is 9.04. The average Bonchev–Trinajstić information content (AvgIpc) is 2.95. The quantitative estimate of drug-likeness (QED) is 0.124. The number of hydroxylamine groups is 1. The number of nitrogen functional groups attached to an aromatic ring is 1. The van der Waals surface area contributed by atoms with Crippen LogP contribution in [-0.2, 0) is 11.2 Å². The van der Waals surface area contributed by atoms with Gasteiger partial charge in [0, 0.05) is 6.42 Å². The zero-order valence-electron chi connectivity index (χ0n) is 22.5. The molecule has 11 nitrogen and oxygen atoms in total. The molecule has 1 amide bonds. The number of carbonyl (C=O) groups excluding carboxylic acids is 1. The summed E-state index contributed by atoms with van der Waals surface area (Å²) >= 11 is 0. The molecule has 0 fully saturated rings. The molecular weight excluding hydrogens is 508 g/mol. The number of benzene rings is 2. The van der Waals surface area contributed by atoms with Crippen molar-refractivity contribution in [2.75, 3.05) is 11.1 Å². The first-order chi connectivity index (χ1) is 19.4. The summed E-state index contributed by atoms with van der Waals surface area (Å²) in [6.45, 7) is 3.65. The van der Waals surface area contributed by atoms with E-state index in [0.717, 1.165) is 18.4 Å². The molecule has 0 bridgehead atoms. The maximum atomic E-state index is 14.2. The highest BCUT2D eigenvalue weighted by atomic mass is 16.5. The standard InChI is InChI=1S/C29H32N8O3/c1-3-22(33-26-21(17-30)18(2)32-29(31)35-26)27-34-23-15-10-12-19(11-6-4-9-16-24(38)36-40)25(23)28(39)37(27)20-13-7-5-8-14-20/h5,7-8,10,12-15,22,40H,3-4,6,9,11,16H2,1-2H3,(H,36,38)(H3,31,32,33,35). The molecule has 11 heteroatoms. The zero-order valence-corrected chi connectivity index (χ0v) is 22.5. The van der Waals surface area contributed by atoms with Crippen LogP contribution in [0.1, 0.15) is 67.7 Å². The van der Waals surface area contributed by atoms with Gasteiger partial charge in [0.1, 0.15) is 23.3 Å². The second-order valence-corrected chi connectivity index (χ2v) is 9.46. The van der Waals surface area contributed by atoms with Gasteiger partial charge in [-0.05, 0) is 56.4 Å². The number of nitrogens with one attached hydrogen (secondary N) is 2. The van der Waals surface area contributed by atoms with Gasteiger partial charge < -0.3 is 11.1 Å². The van der Waals surface area contributed by atoms with E-state index in [1.54, 1.807) is 17.0 Å². The van der Waals surface area contributed by atoms with Gasteiger partial charge in [0.25, 0.3) is 5.56 Å². The van der Waals surface area contributed by atoms with Gasteiger partial charge in [0.05, 0.1) is 28.3 Å². The Bertz CT molecular complexity index is 1610. The number of para-hydroxylation sites is 1. The maximum Gasteiger partial charge on any atom is 0.266 e. The fraction of sp³-hybridized carbons (Fsp3) is 0.310. The molecule has 5 N–H and O–H groups in total. The van der Waals surface area contributed by atoms with Crippen LogP contribution in [-0.4, -0.2) is 30.6 Å². The highest BCUT2D eigenvalue weighted by Gasteiger charge is 2.23. The Balaban J connectivity index is 1.79. The average molecular weight is 541 g/mol. The van der Waals surface area contributed by atoms with E-state index in [2.05, 4.69) is 21.4 Å². The molecule has 0 aliphatic heterocycles. The summed E-state index contributed by atoms with van der Waals surface area (Å²) in [4.78, 5) is 38.8. The highest BCUT2D eigenvalue weighted by molar-refractivity contribution is 5.82. The minimum atomic E-state index is -0.473. The molecule has 206 valence electrons. The Morgan fingerprint density at radius 3 is 2.58 bits per heavy atom.